The minimum Gasteiger partial charge on any atom is -0.461 e. The second-order valence-electron chi connectivity index (χ2n) is 2.69. The van der Waals surface area contributed by atoms with Gasteiger partial charge in [-0.2, -0.15) is 0 Å². The van der Waals surface area contributed by atoms with E-state index in [2.05, 4.69) is 9.72 Å². The summed E-state index contributed by atoms with van der Waals surface area (Å²) in [5, 5.41) is 0. The van der Waals surface area contributed by atoms with E-state index in [1.54, 1.807) is 6.92 Å². The molecule has 1 rings (SSSR count). The predicted molar refractivity (Wildman–Crippen MR) is 49.6 cm³/mol. The largest absolute Gasteiger partial charge is 0.461 e. The quantitative estimate of drug-likeness (QED) is 0.782. The Balaban J connectivity index is 2.96. The van der Waals surface area contributed by atoms with Crippen molar-refractivity contribution in [3.05, 3.63) is 23.4 Å². The summed E-state index contributed by atoms with van der Waals surface area (Å²) >= 11 is 0. The fraction of sp³-hybridized carbons (Fsp3) is 0.333. The zero-order valence-corrected chi connectivity index (χ0v) is 8.04. The van der Waals surface area contributed by atoms with E-state index in [1.807, 2.05) is 0 Å². The number of carbonyl (C=O) groups excluding carboxylic acids is 1. The van der Waals surface area contributed by atoms with E-state index in [0.29, 0.717) is 0 Å². The number of nitrogens with zero attached hydrogens (tertiary/aromatic N) is 1. The molecule has 1 aromatic heterocycles. The third-order valence-corrected chi connectivity index (χ3v) is 1.68. The van der Waals surface area contributed by atoms with E-state index < -0.39 is 12.4 Å². The highest BCUT2D eigenvalue weighted by Gasteiger charge is 2.15. The molecule has 6 heteroatoms. The molecule has 82 valence electrons. The molecule has 0 atom stereocenters. The lowest BCUT2D eigenvalue weighted by molar-refractivity contribution is 0.0519. The van der Waals surface area contributed by atoms with Crippen LogP contribution in [0, 0.1) is 0 Å². The number of carbonyl (C=O) groups is 1. The van der Waals surface area contributed by atoms with Crippen LogP contribution in [0.5, 0.6) is 0 Å². The van der Waals surface area contributed by atoms with Gasteiger partial charge in [0, 0.05) is 0 Å². The Morgan fingerprint density at radius 3 is 2.73 bits per heavy atom. The molecule has 0 unspecified atom stereocenters. The van der Waals surface area contributed by atoms with Gasteiger partial charge in [-0.3, -0.25) is 0 Å². The van der Waals surface area contributed by atoms with Crippen LogP contribution in [0.4, 0.5) is 14.6 Å². The van der Waals surface area contributed by atoms with Crippen LogP contribution >= 0.6 is 0 Å². The zero-order chi connectivity index (χ0) is 11.4. The Hall–Kier alpha value is -1.72. The number of anilines is 1. The van der Waals surface area contributed by atoms with Gasteiger partial charge in [0.2, 0.25) is 0 Å². The molecule has 0 aliphatic rings. The van der Waals surface area contributed by atoms with E-state index >= 15 is 0 Å². The van der Waals surface area contributed by atoms with Crippen LogP contribution in [-0.2, 0) is 4.74 Å². The molecular formula is C9H10F2N2O2. The predicted octanol–water partition coefficient (Wildman–Crippen LogP) is 1.78. The first-order valence-electron chi connectivity index (χ1n) is 4.28. The van der Waals surface area contributed by atoms with Gasteiger partial charge >= 0.3 is 5.97 Å². The van der Waals surface area contributed by atoms with Crippen LogP contribution in [0.2, 0.25) is 0 Å². The van der Waals surface area contributed by atoms with Gasteiger partial charge in [-0.1, -0.05) is 0 Å². The van der Waals surface area contributed by atoms with Crippen LogP contribution in [0.3, 0.4) is 0 Å². The highest BCUT2D eigenvalue weighted by Crippen LogP contribution is 2.23. The maximum Gasteiger partial charge on any atom is 0.356 e. The van der Waals surface area contributed by atoms with Crippen molar-refractivity contribution in [2.45, 2.75) is 13.3 Å². The lowest BCUT2D eigenvalue weighted by atomic mass is 10.2. The summed E-state index contributed by atoms with van der Waals surface area (Å²) < 4.78 is 29.2. The van der Waals surface area contributed by atoms with E-state index in [-0.39, 0.29) is 23.7 Å². The summed E-state index contributed by atoms with van der Waals surface area (Å²) in [5.74, 6) is -1.03. The zero-order valence-electron chi connectivity index (χ0n) is 8.04. The van der Waals surface area contributed by atoms with Crippen LogP contribution in [0.25, 0.3) is 0 Å². The van der Waals surface area contributed by atoms with Gasteiger partial charge in [-0.05, 0) is 19.1 Å². The molecule has 4 nitrogen and oxygen atoms in total. The maximum absolute atomic E-state index is 12.3. The van der Waals surface area contributed by atoms with Crippen molar-refractivity contribution in [1.29, 1.82) is 0 Å². The van der Waals surface area contributed by atoms with Crippen molar-refractivity contribution in [3.8, 4) is 0 Å². The fourth-order valence-corrected chi connectivity index (χ4v) is 0.989. The van der Waals surface area contributed by atoms with E-state index in [1.165, 1.54) is 0 Å². The molecule has 0 fully saturated rings. The molecule has 1 aromatic rings. The standard InChI is InChI=1S/C9H10F2N2O2/c1-2-15-9(14)6-4-3-5(7(10)11)8(12)13-6/h3-4,7H,2H2,1H3,(H2,12,13). The average molecular weight is 216 g/mol. The molecular weight excluding hydrogens is 206 g/mol. The van der Waals surface area contributed by atoms with Crippen molar-refractivity contribution < 1.29 is 18.3 Å². The second kappa shape index (κ2) is 4.68. The lowest BCUT2D eigenvalue weighted by Crippen LogP contribution is -2.09. The van der Waals surface area contributed by atoms with Gasteiger partial charge in [0.1, 0.15) is 5.82 Å². The number of hydrogen-bond donors (Lipinski definition) is 1. The highest BCUT2D eigenvalue weighted by molar-refractivity contribution is 5.87. The van der Waals surface area contributed by atoms with Crippen molar-refractivity contribution in [3.63, 3.8) is 0 Å². The molecule has 0 saturated heterocycles. The molecule has 0 bridgehead atoms. The normalized spacial score (nSPS) is 10.4. The number of aromatic nitrogens is 1. The van der Waals surface area contributed by atoms with Crippen molar-refractivity contribution in [2.75, 3.05) is 12.3 Å². The van der Waals surface area contributed by atoms with Gasteiger partial charge in [0.05, 0.1) is 12.2 Å². The third kappa shape index (κ3) is 2.61. The van der Waals surface area contributed by atoms with Crippen molar-refractivity contribution >= 4 is 11.8 Å². The minimum atomic E-state index is -2.70. The van der Waals surface area contributed by atoms with Gasteiger partial charge in [0.15, 0.2) is 5.69 Å². The van der Waals surface area contributed by atoms with Gasteiger partial charge in [-0.15, -0.1) is 0 Å². The van der Waals surface area contributed by atoms with Gasteiger partial charge in [-0.25, -0.2) is 18.6 Å². The minimum absolute atomic E-state index is 0.0706. The third-order valence-electron chi connectivity index (χ3n) is 1.68. The molecule has 0 saturated carbocycles. The average Bonchev–Trinajstić information content (AvgIpc) is 2.17. The summed E-state index contributed by atoms with van der Waals surface area (Å²) in [6, 6.07) is 2.23. The van der Waals surface area contributed by atoms with Crippen LogP contribution in [0.1, 0.15) is 29.4 Å². The van der Waals surface area contributed by atoms with Crippen LogP contribution < -0.4 is 5.73 Å². The molecule has 0 amide bonds. The highest BCUT2D eigenvalue weighted by atomic mass is 19.3. The molecule has 0 spiro atoms. The van der Waals surface area contributed by atoms with Crippen LogP contribution in [-0.4, -0.2) is 17.6 Å². The van der Waals surface area contributed by atoms with E-state index in [9.17, 15) is 13.6 Å². The molecule has 0 aromatic carbocycles. The number of alkyl halides is 2. The Labute approximate surface area is 85.1 Å². The summed E-state index contributed by atoms with van der Waals surface area (Å²) in [7, 11) is 0. The topological polar surface area (TPSA) is 65.2 Å². The number of halogens is 2. The maximum atomic E-state index is 12.3. The molecule has 1 heterocycles. The number of rotatable bonds is 3. The summed E-state index contributed by atoms with van der Waals surface area (Å²) in [5.41, 5.74) is 4.80. The lowest BCUT2D eigenvalue weighted by Gasteiger charge is -2.05. The fourth-order valence-electron chi connectivity index (χ4n) is 0.989. The summed E-state index contributed by atoms with van der Waals surface area (Å²) in [6.07, 6.45) is -2.70. The number of nitrogen functional groups attached to an aromatic ring is 1. The van der Waals surface area contributed by atoms with Crippen molar-refractivity contribution in [1.82, 2.24) is 4.98 Å². The molecule has 0 aliphatic heterocycles. The first-order chi connectivity index (χ1) is 7.06. The van der Waals surface area contributed by atoms with Gasteiger partial charge < -0.3 is 10.5 Å². The Morgan fingerprint density at radius 1 is 1.60 bits per heavy atom. The first-order valence-corrected chi connectivity index (χ1v) is 4.28. The SMILES string of the molecule is CCOC(=O)c1ccc(C(F)F)c(N)n1. The summed E-state index contributed by atoms with van der Waals surface area (Å²) in [4.78, 5) is 14.7. The van der Waals surface area contributed by atoms with Crippen LogP contribution in [0.15, 0.2) is 12.1 Å². The number of ether oxygens (including phenoxy) is 1. The molecule has 0 aliphatic carbocycles. The molecule has 0 radical (unpaired) electrons. The smallest absolute Gasteiger partial charge is 0.356 e. The van der Waals surface area contributed by atoms with E-state index in [4.69, 9.17) is 5.73 Å². The number of hydrogen-bond acceptors (Lipinski definition) is 4. The first kappa shape index (κ1) is 11.4. The molecule has 2 N–H and O–H groups in total. The monoisotopic (exact) mass is 216 g/mol. The molecule has 15 heavy (non-hydrogen) atoms. The van der Waals surface area contributed by atoms with Gasteiger partial charge in [0.25, 0.3) is 6.43 Å². The van der Waals surface area contributed by atoms with E-state index in [0.717, 1.165) is 12.1 Å². The number of nitrogens with two attached hydrogens (primary N) is 1. The number of esters is 1. The number of pyridine rings is 1. The second-order valence-corrected chi connectivity index (χ2v) is 2.69. The Bertz CT molecular complexity index is 369. The summed E-state index contributed by atoms with van der Waals surface area (Å²) in [6.45, 7) is 1.83. The Kier molecular flexibility index (Phi) is 3.54. The Morgan fingerprint density at radius 2 is 2.27 bits per heavy atom. The van der Waals surface area contributed by atoms with Crippen molar-refractivity contribution in [2.24, 2.45) is 0 Å².